The van der Waals surface area contributed by atoms with E-state index in [9.17, 15) is 18.0 Å². The molecule has 150 valence electrons. The van der Waals surface area contributed by atoms with Crippen molar-refractivity contribution < 1.29 is 22.7 Å². The van der Waals surface area contributed by atoms with Crippen molar-refractivity contribution >= 4 is 43.3 Å². The molecule has 0 atom stereocenters. The van der Waals surface area contributed by atoms with Crippen molar-refractivity contribution in [1.82, 2.24) is 0 Å². The molecule has 2 rings (SSSR count). The molecule has 2 aromatic carbocycles. The zero-order valence-corrected chi connectivity index (χ0v) is 18.3. The molecule has 8 heteroatoms. The summed E-state index contributed by atoms with van der Waals surface area (Å²) in [6.07, 6.45) is -0.320. The normalized spacial score (nSPS) is 11.1. The van der Waals surface area contributed by atoms with Crippen LogP contribution in [-0.2, 0) is 24.2 Å². The number of esters is 1. The summed E-state index contributed by atoms with van der Waals surface area (Å²) in [4.78, 5) is 23.9. The molecule has 0 saturated heterocycles. The first-order valence-electron chi connectivity index (χ1n) is 8.60. The lowest BCUT2D eigenvalue weighted by molar-refractivity contribution is -0.146. The first-order valence-corrected chi connectivity index (χ1v) is 11.0. The monoisotopic (exact) mass is 467 g/mol. The molecule has 1 amide bonds. The molecule has 0 aliphatic heterocycles. The van der Waals surface area contributed by atoms with Crippen LogP contribution in [-0.4, -0.2) is 32.7 Å². The minimum atomic E-state index is -3.60. The summed E-state index contributed by atoms with van der Waals surface area (Å²) in [5, 5.41) is 2.65. The molecule has 0 aliphatic carbocycles. The molecular formula is C20H22BrNO5S. The van der Waals surface area contributed by atoms with Crippen molar-refractivity contribution in [2.75, 3.05) is 17.7 Å². The number of hydrogen-bond donors (Lipinski definition) is 1. The minimum Gasteiger partial charge on any atom is -0.456 e. The highest BCUT2D eigenvalue weighted by Crippen LogP contribution is 2.20. The number of nitrogens with one attached hydrogen (secondary N) is 1. The van der Waals surface area contributed by atoms with Crippen molar-refractivity contribution in [2.24, 2.45) is 0 Å². The van der Waals surface area contributed by atoms with E-state index in [2.05, 4.69) is 21.2 Å². The Morgan fingerprint density at radius 1 is 1.00 bits per heavy atom. The number of halogens is 1. The van der Waals surface area contributed by atoms with Gasteiger partial charge in [-0.2, -0.15) is 0 Å². The molecule has 28 heavy (non-hydrogen) atoms. The van der Waals surface area contributed by atoms with Gasteiger partial charge in [0, 0.05) is 10.2 Å². The van der Waals surface area contributed by atoms with E-state index in [4.69, 9.17) is 4.74 Å². The number of ether oxygens (including phenoxy) is 1. The summed E-state index contributed by atoms with van der Waals surface area (Å²) < 4.78 is 30.5. The van der Waals surface area contributed by atoms with Crippen LogP contribution >= 0.6 is 15.9 Å². The second-order valence-electron chi connectivity index (χ2n) is 6.48. The van der Waals surface area contributed by atoms with E-state index in [0.29, 0.717) is 5.69 Å². The Morgan fingerprint density at radius 3 is 2.36 bits per heavy atom. The Hall–Kier alpha value is -2.19. The molecule has 0 aliphatic rings. The van der Waals surface area contributed by atoms with Crippen LogP contribution in [0.15, 0.2) is 45.8 Å². The maximum atomic E-state index is 12.4. The average molecular weight is 468 g/mol. The Morgan fingerprint density at radius 2 is 1.71 bits per heavy atom. The highest BCUT2D eigenvalue weighted by molar-refractivity contribution is 9.10. The molecule has 1 N–H and O–H groups in total. The minimum absolute atomic E-state index is 0.173. The van der Waals surface area contributed by atoms with Crippen LogP contribution in [0.1, 0.15) is 23.1 Å². The molecular weight excluding hydrogens is 446 g/mol. The number of aryl methyl sites for hydroxylation is 3. The van der Waals surface area contributed by atoms with E-state index in [-0.39, 0.29) is 17.1 Å². The smallest absolute Gasteiger partial charge is 0.307 e. The van der Waals surface area contributed by atoms with E-state index in [1.54, 1.807) is 24.3 Å². The van der Waals surface area contributed by atoms with Gasteiger partial charge < -0.3 is 10.1 Å². The fraction of sp³-hybridized carbons (Fsp3) is 0.300. The SMILES string of the molecule is Cc1ccc(S(=O)(=O)CCC(=O)OCC(=O)Nc2ccc(Br)cc2C)cc1C. The molecule has 0 fully saturated rings. The van der Waals surface area contributed by atoms with Crippen LogP contribution in [0.3, 0.4) is 0 Å². The highest BCUT2D eigenvalue weighted by Gasteiger charge is 2.18. The fourth-order valence-corrected chi connectivity index (χ4v) is 4.19. The summed E-state index contributed by atoms with van der Waals surface area (Å²) in [5.41, 5.74) is 3.32. The number of hydrogen-bond acceptors (Lipinski definition) is 5. The van der Waals surface area contributed by atoms with Crippen molar-refractivity contribution in [3.63, 3.8) is 0 Å². The predicted molar refractivity (Wildman–Crippen MR) is 111 cm³/mol. The van der Waals surface area contributed by atoms with Crippen molar-refractivity contribution in [3.8, 4) is 0 Å². The number of rotatable bonds is 7. The molecule has 0 radical (unpaired) electrons. The van der Waals surface area contributed by atoms with E-state index in [0.717, 1.165) is 21.2 Å². The van der Waals surface area contributed by atoms with Gasteiger partial charge in [-0.3, -0.25) is 9.59 Å². The number of benzene rings is 2. The second kappa shape index (κ2) is 9.34. The van der Waals surface area contributed by atoms with Gasteiger partial charge in [0.15, 0.2) is 16.4 Å². The molecule has 0 saturated carbocycles. The lowest BCUT2D eigenvalue weighted by Gasteiger charge is -2.10. The predicted octanol–water partition coefficient (Wildman–Crippen LogP) is 3.72. The Bertz CT molecular complexity index is 1000. The van der Waals surface area contributed by atoms with Gasteiger partial charge in [0.2, 0.25) is 0 Å². The second-order valence-corrected chi connectivity index (χ2v) is 9.51. The molecule has 0 aromatic heterocycles. The molecule has 0 spiro atoms. The van der Waals surface area contributed by atoms with Crippen LogP contribution in [0.25, 0.3) is 0 Å². The summed E-state index contributed by atoms with van der Waals surface area (Å²) in [6, 6.07) is 10.2. The maximum absolute atomic E-state index is 12.4. The topological polar surface area (TPSA) is 89.5 Å². The van der Waals surface area contributed by atoms with Crippen LogP contribution < -0.4 is 5.32 Å². The van der Waals surface area contributed by atoms with Gasteiger partial charge in [-0.05, 0) is 67.8 Å². The zero-order valence-electron chi connectivity index (χ0n) is 15.9. The first-order chi connectivity index (χ1) is 13.1. The molecule has 0 heterocycles. The molecule has 6 nitrogen and oxygen atoms in total. The van der Waals surface area contributed by atoms with Crippen molar-refractivity contribution in [3.05, 3.63) is 57.6 Å². The van der Waals surface area contributed by atoms with Gasteiger partial charge in [0.25, 0.3) is 5.91 Å². The van der Waals surface area contributed by atoms with Gasteiger partial charge in [0.05, 0.1) is 17.1 Å². The summed E-state index contributed by atoms with van der Waals surface area (Å²) >= 11 is 3.34. The van der Waals surface area contributed by atoms with E-state index >= 15 is 0 Å². The van der Waals surface area contributed by atoms with Crippen LogP contribution in [0.4, 0.5) is 5.69 Å². The van der Waals surface area contributed by atoms with E-state index < -0.39 is 28.3 Å². The first kappa shape index (κ1) is 22.1. The number of carbonyl (C=O) groups is 2. The number of sulfone groups is 1. The third kappa shape index (κ3) is 6.17. The lowest BCUT2D eigenvalue weighted by Crippen LogP contribution is -2.22. The fourth-order valence-electron chi connectivity index (χ4n) is 2.41. The molecule has 0 bridgehead atoms. The van der Waals surface area contributed by atoms with Gasteiger partial charge >= 0.3 is 5.97 Å². The van der Waals surface area contributed by atoms with Crippen LogP contribution in [0.2, 0.25) is 0 Å². The Balaban J connectivity index is 1.84. The third-order valence-corrected chi connectivity index (χ3v) is 6.45. The number of anilines is 1. The molecule has 2 aromatic rings. The van der Waals surface area contributed by atoms with E-state index in [1.807, 2.05) is 26.8 Å². The number of carbonyl (C=O) groups excluding carboxylic acids is 2. The van der Waals surface area contributed by atoms with Gasteiger partial charge in [-0.15, -0.1) is 0 Å². The molecule has 0 unspecified atom stereocenters. The largest absolute Gasteiger partial charge is 0.456 e. The van der Waals surface area contributed by atoms with E-state index in [1.165, 1.54) is 6.07 Å². The van der Waals surface area contributed by atoms with Crippen LogP contribution in [0.5, 0.6) is 0 Å². The van der Waals surface area contributed by atoms with Crippen LogP contribution in [0, 0.1) is 20.8 Å². The maximum Gasteiger partial charge on any atom is 0.307 e. The third-order valence-electron chi connectivity index (χ3n) is 4.24. The van der Waals surface area contributed by atoms with Gasteiger partial charge in [-0.1, -0.05) is 22.0 Å². The highest BCUT2D eigenvalue weighted by atomic mass is 79.9. The van der Waals surface area contributed by atoms with Gasteiger partial charge in [-0.25, -0.2) is 8.42 Å². The Kier molecular flexibility index (Phi) is 7.37. The summed E-state index contributed by atoms with van der Waals surface area (Å²) in [7, 11) is -3.60. The summed E-state index contributed by atoms with van der Waals surface area (Å²) in [5.74, 6) is -1.60. The van der Waals surface area contributed by atoms with Crippen molar-refractivity contribution in [2.45, 2.75) is 32.1 Å². The van der Waals surface area contributed by atoms with Crippen molar-refractivity contribution in [1.29, 1.82) is 0 Å². The Labute approximate surface area is 173 Å². The standard InChI is InChI=1S/C20H22BrNO5S/c1-13-4-6-17(11-14(13)2)28(25,26)9-8-20(24)27-12-19(23)22-18-7-5-16(21)10-15(18)3/h4-7,10-11H,8-9,12H2,1-3H3,(H,22,23). The quantitative estimate of drug-likeness (QED) is 0.626. The van der Waals surface area contributed by atoms with Gasteiger partial charge in [0.1, 0.15) is 0 Å². The lowest BCUT2D eigenvalue weighted by atomic mass is 10.1. The average Bonchev–Trinajstić information content (AvgIpc) is 2.63. The summed E-state index contributed by atoms with van der Waals surface area (Å²) in [6.45, 7) is 5.08. The zero-order chi connectivity index (χ0) is 20.9. The number of amides is 1.